The van der Waals surface area contributed by atoms with E-state index in [1.54, 1.807) is 13.8 Å². The molecule has 0 saturated heterocycles. The van der Waals surface area contributed by atoms with E-state index in [0.717, 1.165) is 36.7 Å². The van der Waals surface area contributed by atoms with Crippen LogP contribution in [0.25, 0.3) is 0 Å². The van der Waals surface area contributed by atoms with Gasteiger partial charge in [0.05, 0.1) is 12.1 Å². The molecule has 3 amide bonds. The second kappa shape index (κ2) is 18.0. The number of rotatable bonds is 19. The van der Waals surface area contributed by atoms with Crippen molar-refractivity contribution in [3.8, 4) is 0 Å². The van der Waals surface area contributed by atoms with E-state index in [1.807, 2.05) is 79.8 Å². The highest BCUT2D eigenvalue weighted by Gasteiger charge is 2.44. The van der Waals surface area contributed by atoms with E-state index in [-0.39, 0.29) is 30.2 Å². The van der Waals surface area contributed by atoms with Gasteiger partial charge in [0.25, 0.3) is 0 Å². The number of carbonyl (C=O) groups is 4. The number of imide groups is 1. The lowest BCUT2D eigenvalue weighted by atomic mass is 9.78. The standard InChI is InChI=1S/C33H48N4O6/c1-23(2)28(22-38)34-19-13-7-12-18-27(20-25-14-8-5-9-15-25)33(37-32(42)43,21-26-16-10-6-11-17-26)36-29(24(3)4)30(39)35-31(40)41/h5-6,8-11,14-17,22-24,27-29,34,36-37H,7,12-13,18-21H2,1-4H3,(H,35,39)(H,40,41)(H,42,43)/t27-,28?,29-,33?/m0/s1. The molecule has 0 aliphatic heterocycles. The van der Waals surface area contributed by atoms with E-state index in [9.17, 15) is 29.4 Å². The number of unbranched alkanes of at least 4 members (excludes halogenated alkanes) is 2. The lowest BCUT2D eigenvalue weighted by Gasteiger charge is -2.45. The fraction of sp³-hybridized carbons (Fsp3) is 0.515. The molecular weight excluding hydrogens is 548 g/mol. The summed E-state index contributed by atoms with van der Waals surface area (Å²) in [5, 5.41) is 30.8. The van der Waals surface area contributed by atoms with Crippen LogP contribution in [0.1, 0.15) is 64.5 Å². The molecule has 6 N–H and O–H groups in total. The van der Waals surface area contributed by atoms with Crippen LogP contribution in [0.5, 0.6) is 0 Å². The quantitative estimate of drug-likeness (QED) is 0.0765. The van der Waals surface area contributed by atoms with E-state index in [0.29, 0.717) is 19.4 Å². The van der Waals surface area contributed by atoms with Crippen molar-refractivity contribution in [2.45, 2.75) is 84.0 Å². The molecule has 0 fully saturated rings. The number of aldehydes is 1. The van der Waals surface area contributed by atoms with Crippen LogP contribution in [-0.2, 0) is 22.4 Å². The van der Waals surface area contributed by atoms with Crippen LogP contribution >= 0.6 is 0 Å². The van der Waals surface area contributed by atoms with E-state index >= 15 is 0 Å². The van der Waals surface area contributed by atoms with Crippen molar-refractivity contribution < 1.29 is 29.4 Å². The van der Waals surface area contributed by atoms with Crippen molar-refractivity contribution in [1.82, 2.24) is 21.3 Å². The summed E-state index contributed by atoms with van der Waals surface area (Å²) in [5.41, 5.74) is 0.565. The van der Waals surface area contributed by atoms with Gasteiger partial charge in [-0.05, 0) is 54.7 Å². The minimum absolute atomic E-state index is 0.196. The van der Waals surface area contributed by atoms with Crippen molar-refractivity contribution in [3.63, 3.8) is 0 Å². The average molecular weight is 597 g/mol. The number of nitrogens with one attached hydrogen (secondary N) is 4. The van der Waals surface area contributed by atoms with E-state index in [4.69, 9.17) is 0 Å². The van der Waals surface area contributed by atoms with Gasteiger partial charge >= 0.3 is 12.2 Å². The molecule has 4 atom stereocenters. The Bertz CT molecular complexity index is 1140. The number of hydrogen-bond acceptors (Lipinski definition) is 6. The third-order valence-corrected chi connectivity index (χ3v) is 7.74. The molecule has 0 spiro atoms. The van der Waals surface area contributed by atoms with E-state index in [2.05, 4.69) is 16.0 Å². The summed E-state index contributed by atoms with van der Waals surface area (Å²) in [6.07, 6.45) is 2.07. The van der Waals surface area contributed by atoms with Gasteiger partial charge in [-0.15, -0.1) is 0 Å². The average Bonchev–Trinajstić information content (AvgIpc) is 2.94. The Morgan fingerprint density at radius 2 is 1.42 bits per heavy atom. The Hall–Kier alpha value is -3.76. The van der Waals surface area contributed by atoms with Gasteiger partial charge in [0.15, 0.2) is 0 Å². The summed E-state index contributed by atoms with van der Waals surface area (Å²) in [5.74, 6) is -1.20. The summed E-state index contributed by atoms with van der Waals surface area (Å²) in [6, 6.07) is 18.0. The predicted molar refractivity (Wildman–Crippen MR) is 167 cm³/mol. The highest BCUT2D eigenvalue weighted by Crippen LogP contribution is 2.31. The summed E-state index contributed by atoms with van der Waals surface area (Å²) < 4.78 is 0. The summed E-state index contributed by atoms with van der Waals surface area (Å²) in [7, 11) is 0. The molecule has 43 heavy (non-hydrogen) atoms. The molecule has 236 valence electrons. The van der Waals surface area contributed by atoms with Gasteiger partial charge in [-0.3, -0.25) is 15.4 Å². The highest BCUT2D eigenvalue weighted by molar-refractivity contribution is 5.94. The van der Waals surface area contributed by atoms with Crippen molar-refractivity contribution in [2.75, 3.05) is 6.54 Å². The maximum atomic E-state index is 13.1. The molecule has 0 aromatic heterocycles. The molecule has 2 unspecified atom stereocenters. The van der Waals surface area contributed by atoms with Crippen molar-refractivity contribution in [1.29, 1.82) is 0 Å². The molecule has 2 rings (SSSR count). The molecule has 10 nitrogen and oxygen atoms in total. The summed E-state index contributed by atoms with van der Waals surface area (Å²) in [4.78, 5) is 48.2. The first kappa shape index (κ1) is 35.4. The maximum absolute atomic E-state index is 13.1. The first-order valence-corrected chi connectivity index (χ1v) is 15.1. The molecular formula is C33H48N4O6. The van der Waals surface area contributed by atoms with E-state index < -0.39 is 29.8 Å². The van der Waals surface area contributed by atoms with Crippen LogP contribution in [0.3, 0.4) is 0 Å². The second-order valence-electron chi connectivity index (χ2n) is 11.8. The smallest absolute Gasteiger partial charge is 0.411 e. The van der Waals surface area contributed by atoms with Gasteiger partial charge in [-0.25, -0.2) is 9.59 Å². The van der Waals surface area contributed by atoms with Gasteiger partial charge in [0.2, 0.25) is 5.91 Å². The number of hydrogen-bond donors (Lipinski definition) is 6. The molecule has 0 bridgehead atoms. The molecule has 10 heteroatoms. The SMILES string of the molecule is CC(C)C(C=O)NCCCCC[C@@H](Cc1ccccc1)C(Cc1ccccc1)(NC(=O)O)N[C@H](C(=O)NC(=O)O)C(C)C. The number of carbonyl (C=O) groups excluding carboxylic acids is 2. The third kappa shape index (κ3) is 12.2. The third-order valence-electron chi connectivity index (χ3n) is 7.74. The molecule has 2 aromatic carbocycles. The Morgan fingerprint density at radius 1 is 0.814 bits per heavy atom. The van der Waals surface area contributed by atoms with Crippen LogP contribution in [0.15, 0.2) is 60.7 Å². The minimum Gasteiger partial charge on any atom is -0.465 e. The van der Waals surface area contributed by atoms with Gasteiger partial charge in [0.1, 0.15) is 11.9 Å². The highest BCUT2D eigenvalue weighted by atomic mass is 16.4. The van der Waals surface area contributed by atoms with Gasteiger partial charge in [-0.2, -0.15) is 0 Å². The zero-order valence-corrected chi connectivity index (χ0v) is 25.7. The van der Waals surface area contributed by atoms with Gasteiger partial charge in [-0.1, -0.05) is 101 Å². The van der Waals surface area contributed by atoms with Gasteiger partial charge < -0.3 is 25.6 Å². The Kier molecular flexibility index (Phi) is 14.9. The molecule has 0 saturated carbocycles. The van der Waals surface area contributed by atoms with Crippen molar-refractivity contribution >= 4 is 24.4 Å². The first-order valence-electron chi connectivity index (χ1n) is 15.1. The van der Waals surface area contributed by atoms with Crippen LogP contribution in [-0.4, -0.2) is 58.9 Å². The minimum atomic E-state index is -1.47. The molecule has 0 radical (unpaired) electrons. The van der Waals surface area contributed by atoms with E-state index in [1.165, 1.54) is 0 Å². The fourth-order valence-electron chi connectivity index (χ4n) is 5.42. The zero-order chi connectivity index (χ0) is 31.8. The maximum Gasteiger partial charge on any atom is 0.411 e. The Labute approximate surface area is 255 Å². The number of benzene rings is 2. The Balaban J connectivity index is 2.47. The fourth-order valence-corrected chi connectivity index (χ4v) is 5.42. The first-order chi connectivity index (χ1) is 20.5. The molecule has 2 aromatic rings. The lowest BCUT2D eigenvalue weighted by Crippen LogP contribution is -2.70. The number of carboxylic acid groups (broad SMARTS) is 2. The lowest BCUT2D eigenvalue weighted by molar-refractivity contribution is -0.124. The summed E-state index contributed by atoms with van der Waals surface area (Å²) in [6.45, 7) is 8.26. The Morgan fingerprint density at radius 3 is 1.93 bits per heavy atom. The topological polar surface area (TPSA) is 157 Å². The van der Waals surface area contributed by atoms with Crippen molar-refractivity contribution in [3.05, 3.63) is 71.8 Å². The van der Waals surface area contributed by atoms with Crippen LogP contribution < -0.4 is 21.3 Å². The monoisotopic (exact) mass is 596 g/mol. The normalized spacial score (nSPS) is 14.8. The molecule has 0 heterocycles. The number of amides is 3. The largest absolute Gasteiger partial charge is 0.465 e. The van der Waals surface area contributed by atoms with Gasteiger partial charge in [0, 0.05) is 6.42 Å². The van der Waals surface area contributed by atoms with Crippen LogP contribution in [0.2, 0.25) is 0 Å². The predicted octanol–water partition coefficient (Wildman–Crippen LogP) is 4.83. The molecule has 0 aliphatic carbocycles. The molecule has 0 aliphatic rings. The van der Waals surface area contributed by atoms with Crippen LogP contribution in [0.4, 0.5) is 9.59 Å². The van der Waals surface area contributed by atoms with Crippen molar-refractivity contribution in [2.24, 2.45) is 17.8 Å². The zero-order valence-electron chi connectivity index (χ0n) is 25.7. The summed E-state index contributed by atoms with van der Waals surface area (Å²) >= 11 is 0. The second-order valence-corrected chi connectivity index (χ2v) is 11.8. The van der Waals surface area contributed by atoms with Crippen LogP contribution in [0, 0.1) is 17.8 Å².